The topological polar surface area (TPSA) is 60.0 Å². The van der Waals surface area contributed by atoms with Crippen LogP contribution >= 0.6 is 0 Å². The predicted octanol–water partition coefficient (Wildman–Crippen LogP) is 2.18. The lowest BCUT2D eigenvalue weighted by atomic mass is 9.93. The van der Waals surface area contributed by atoms with Crippen LogP contribution in [0.25, 0.3) is 0 Å². The van der Waals surface area contributed by atoms with Gasteiger partial charge in [-0.25, -0.2) is 0 Å². The molecule has 1 saturated heterocycles. The molecule has 6 heteroatoms. The van der Waals surface area contributed by atoms with E-state index in [1.165, 1.54) is 38.9 Å². The van der Waals surface area contributed by atoms with E-state index >= 15 is 0 Å². The highest BCUT2D eigenvalue weighted by Gasteiger charge is 2.17. The maximum Gasteiger partial charge on any atom is 0.253 e. The molecule has 1 fully saturated rings. The van der Waals surface area contributed by atoms with Gasteiger partial charge >= 0.3 is 0 Å². The quantitative estimate of drug-likeness (QED) is 0.568. The van der Waals surface area contributed by atoms with Crippen LogP contribution in [0.3, 0.4) is 0 Å². The molecule has 2 N–H and O–H groups in total. The molecule has 0 atom stereocenters. The minimum absolute atomic E-state index is 0.0248. The van der Waals surface area contributed by atoms with Gasteiger partial charge in [-0.2, -0.15) is 0 Å². The fourth-order valence-corrected chi connectivity index (χ4v) is 3.42. The van der Waals surface area contributed by atoms with Crippen molar-refractivity contribution in [1.29, 1.82) is 0 Å². The molecule has 0 saturated carbocycles. The van der Waals surface area contributed by atoms with E-state index in [4.69, 9.17) is 0 Å². The molecule has 27 heavy (non-hydrogen) atoms. The standard InChI is InChI=1S/C21H35N5O/c1-5-26-14-11-17(12-15-26)10-13-23-21(22-2)24-16-18-6-8-19(9-7-18)20(27)25(3)4/h6-9,17H,5,10-16H2,1-4H3,(H2,22,23,24). The first-order chi connectivity index (χ1) is 13.0. The average molecular weight is 374 g/mol. The Labute approximate surface area is 164 Å². The Morgan fingerprint density at radius 2 is 1.85 bits per heavy atom. The summed E-state index contributed by atoms with van der Waals surface area (Å²) in [5.74, 6) is 1.67. The zero-order chi connectivity index (χ0) is 19.6. The van der Waals surface area contributed by atoms with Gasteiger partial charge in [0.2, 0.25) is 0 Å². The van der Waals surface area contributed by atoms with E-state index in [2.05, 4.69) is 27.4 Å². The highest BCUT2D eigenvalue weighted by atomic mass is 16.2. The van der Waals surface area contributed by atoms with Crippen LogP contribution in [0.2, 0.25) is 0 Å². The number of aliphatic imine (C=N–C) groups is 1. The molecule has 1 amide bonds. The van der Waals surface area contributed by atoms with Crippen molar-refractivity contribution in [1.82, 2.24) is 20.4 Å². The van der Waals surface area contributed by atoms with Gasteiger partial charge in [-0.3, -0.25) is 9.79 Å². The van der Waals surface area contributed by atoms with Gasteiger partial charge in [0.25, 0.3) is 5.91 Å². The van der Waals surface area contributed by atoms with Crippen LogP contribution in [0.4, 0.5) is 0 Å². The number of amides is 1. The Kier molecular flexibility index (Phi) is 8.58. The number of hydrogen-bond acceptors (Lipinski definition) is 3. The number of guanidine groups is 1. The second-order valence-corrected chi connectivity index (χ2v) is 7.42. The minimum atomic E-state index is 0.0248. The van der Waals surface area contributed by atoms with Crippen LogP contribution in [-0.2, 0) is 6.54 Å². The van der Waals surface area contributed by atoms with Gasteiger partial charge in [-0.05, 0) is 62.5 Å². The first kappa shape index (κ1) is 21.2. The summed E-state index contributed by atoms with van der Waals surface area (Å²) in [6, 6.07) is 7.72. The number of piperidine rings is 1. The van der Waals surface area contributed by atoms with Crippen molar-refractivity contribution in [3.05, 3.63) is 35.4 Å². The van der Waals surface area contributed by atoms with E-state index < -0.39 is 0 Å². The zero-order valence-electron chi connectivity index (χ0n) is 17.3. The molecule has 2 rings (SSSR count). The Balaban J connectivity index is 1.70. The molecule has 0 bridgehead atoms. The normalized spacial score (nSPS) is 16.2. The fourth-order valence-electron chi connectivity index (χ4n) is 3.42. The van der Waals surface area contributed by atoms with E-state index in [1.807, 2.05) is 24.3 Å². The summed E-state index contributed by atoms with van der Waals surface area (Å²) in [6.45, 7) is 7.52. The monoisotopic (exact) mass is 373 g/mol. The van der Waals surface area contributed by atoms with E-state index in [9.17, 15) is 4.79 Å². The fraction of sp³-hybridized carbons (Fsp3) is 0.619. The first-order valence-corrected chi connectivity index (χ1v) is 10.0. The van der Waals surface area contributed by atoms with Gasteiger partial charge in [0.05, 0.1) is 0 Å². The van der Waals surface area contributed by atoms with Crippen LogP contribution in [0.5, 0.6) is 0 Å². The minimum Gasteiger partial charge on any atom is -0.356 e. The molecule has 1 heterocycles. The molecule has 1 aromatic rings. The summed E-state index contributed by atoms with van der Waals surface area (Å²) < 4.78 is 0. The number of rotatable bonds is 7. The Morgan fingerprint density at radius 3 is 2.41 bits per heavy atom. The number of carbonyl (C=O) groups excluding carboxylic acids is 1. The molecule has 1 aromatic carbocycles. The largest absolute Gasteiger partial charge is 0.356 e. The number of carbonyl (C=O) groups is 1. The zero-order valence-corrected chi connectivity index (χ0v) is 17.3. The third-order valence-corrected chi connectivity index (χ3v) is 5.29. The smallest absolute Gasteiger partial charge is 0.253 e. The second-order valence-electron chi connectivity index (χ2n) is 7.42. The number of likely N-dealkylation sites (tertiary alicyclic amines) is 1. The van der Waals surface area contributed by atoms with Crippen molar-refractivity contribution in [3.63, 3.8) is 0 Å². The number of nitrogens with zero attached hydrogens (tertiary/aromatic N) is 3. The maximum atomic E-state index is 11.9. The van der Waals surface area contributed by atoms with Gasteiger partial charge in [0, 0.05) is 39.8 Å². The molecule has 0 aliphatic carbocycles. The van der Waals surface area contributed by atoms with Crippen LogP contribution in [-0.4, -0.2) is 69.0 Å². The predicted molar refractivity (Wildman–Crippen MR) is 112 cm³/mol. The Bertz CT molecular complexity index is 604. The van der Waals surface area contributed by atoms with Gasteiger partial charge in [0.15, 0.2) is 5.96 Å². The molecule has 150 valence electrons. The SMILES string of the molecule is CCN1CCC(CCNC(=NC)NCc2ccc(C(=O)N(C)C)cc2)CC1. The summed E-state index contributed by atoms with van der Waals surface area (Å²) in [4.78, 5) is 20.4. The highest BCUT2D eigenvalue weighted by molar-refractivity contribution is 5.93. The van der Waals surface area contributed by atoms with Gasteiger partial charge in [-0.15, -0.1) is 0 Å². The third kappa shape index (κ3) is 6.86. The van der Waals surface area contributed by atoms with Crippen LogP contribution in [0.1, 0.15) is 42.1 Å². The van der Waals surface area contributed by atoms with Crippen LogP contribution in [0, 0.1) is 5.92 Å². The van der Waals surface area contributed by atoms with Crippen molar-refractivity contribution in [2.45, 2.75) is 32.7 Å². The molecule has 1 aliphatic heterocycles. The number of benzene rings is 1. The van der Waals surface area contributed by atoms with Gasteiger partial charge in [0.1, 0.15) is 0 Å². The summed E-state index contributed by atoms with van der Waals surface area (Å²) >= 11 is 0. The van der Waals surface area contributed by atoms with Crippen molar-refractivity contribution in [2.75, 3.05) is 47.3 Å². The first-order valence-electron chi connectivity index (χ1n) is 10.0. The second kappa shape index (κ2) is 10.9. The molecule has 1 aliphatic rings. The molecular formula is C21H35N5O. The Hall–Kier alpha value is -2.08. The molecule has 0 unspecified atom stereocenters. The number of hydrogen-bond donors (Lipinski definition) is 2. The van der Waals surface area contributed by atoms with Crippen molar-refractivity contribution in [3.8, 4) is 0 Å². The summed E-state index contributed by atoms with van der Waals surface area (Å²) in [7, 11) is 5.33. The lowest BCUT2D eigenvalue weighted by Crippen LogP contribution is -2.39. The molecule has 0 spiro atoms. The van der Waals surface area contributed by atoms with Crippen molar-refractivity contribution < 1.29 is 4.79 Å². The van der Waals surface area contributed by atoms with Crippen LogP contribution in [0.15, 0.2) is 29.3 Å². The summed E-state index contributed by atoms with van der Waals surface area (Å²) in [5.41, 5.74) is 1.83. The molecule has 0 radical (unpaired) electrons. The summed E-state index contributed by atoms with van der Waals surface area (Å²) in [5, 5.41) is 6.77. The lowest BCUT2D eigenvalue weighted by Gasteiger charge is -2.31. The van der Waals surface area contributed by atoms with E-state index in [1.54, 1.807) is 26.0 Å². The average Bonchev–Trinajstić information content (AvgIpc) is 2.70. The third-order valence-electron chi connectivity index (χ3n) is 5.29. The highest BCUT2D eigenvalue weighted by Crippen LogP contribution is 2.19. The van der Waals surface area contributed by atoms with E-state index in [-0.39, 0.29) is 5.91 Å². The van der Waals surface area contributed by atoms with E-state index in [0.717, 1.165) is 24.0 Å². The number of nitrogens with one attached hydrogen (secondary N) is 2. The van der Waals surface area contributed by atoms with E-state index in [0.29, 0.717) is 12.1 Å². The Morgan fingerprint density at radius 1 is 1.19 bits per heavy atom. The van der Waals surface area contributed by atoms with Gasteiger partial charge < -0.3 is 20.4 Å². The summed E-state index contributed by atoms with van der Waals surface area (Å²) in [6.07, 6.45) is 3.80. The van der Waals surface area contributed by atoms with Crippen molar-refractivity contribution >= 4 is 11.9 Å². The molecule has 0 aromatic heterocycles. The molecule has 6 nitrogen and oxygen atoms in total. The van der Waals surface area contributed by atoms with Crippen molar-refractivity contribution in [2.24, 2.45) is 10.9 Å². The lowest BCUT2D eigenvalue weighted by molar-refractivity contribution is 0.0827. The van der Waals surface area contributed by atoms with Gasteiger partial charge in [-0.1, -0.05) is 19.1 Å². The maximum absolute atomic E-state index is 11.9. The van der Waals surface area contributed by atoms with Crippen LogP contribution < -0.4 is 10.6 Å². The molecular weight excluding hydrogens is 338 g/mol.